The molecule has 2 rings (SSSR count). The van der Waals surface area contributed by atoms with E-state index in [1.54, 1.807) is 35.9 Å². The fourth-order valence-corrected chi connectivity index (χ4v) is 2.99. The van der Waals surface area contributed by atoms with Gasteiger partial charge in [-0.2, -0.15) is 0 Å². The maximum absolute atomic E-state index is 12.7. The van der Waals surface area contributed by atoms with Crippen molar-refractivity contribution in [3.8, 4) is 0 Å². The molecule has 8 nitrogen and oxygen atoms in total. The number of ketones is 1. The predicted molar refractivity (Wildman–Crippen MR) is 105 cm³/mol. The third kappa shape index (κ3) is 4.53. The Balaban J connectivity index is 2.23. The number of likely N-dealkylation sites (N-methyl/N-ethyl adjacent to an activating group) is 1. The van der Waals surface area contributed by atoms with E-state index in [0.29, 0.717) is 17.0 Å². The molecule has 1 aromatic heterocycles. The van der Waals surface area contributed by atoms with Gasteiger partial charge in [0.15, 0.2) is 0 Å². The third-order valence-electron chi connectivity index (χ3n) is 5.18. The van der Waals surface area contributed by atoms with E-state index in [1.165, 1.54) is 14.0 Å². The minimum atomic E-state index is -1.88. The number of hydrogen-bond donors (Lipinski definition) is 2. The molecule has 0 aliphatic carbocycles. The van der Waals surface area contributed by atoms with Crippen LogP contribution in [0.3, 0.4) is 0 Å². The van der Waals surface area contributed by atoms with E-state index in [0.717, 1.165) is 10.5 Å². The van der Waals surface area contributed by atoms with Crippen molar-refractivity contribution in [2.45, 2.75) is 32.2 Å². The van der Waals surface area contributed by atoms with Crippen LogP contribution < -0.4 is 0 Å². The van der Waals surface area contributed by atoms with Crippen LogP contribution in [0.1, 0.15) is 40.7 Å². The summed E-state index contributed by atoms with van der Waals surface area (Å²) in [5, 5.41) is 18.4. The van der Waals surface area contributed by atoms with Crippen LogP contribution in [0.4, 0.5) is 0 Å². The minimum Gasteiger partial charge on any atom is -0.481 e. The van der Waals surface area contributed by atoms with Crippen LogP contribution in [0.5, 0.6) is 0 Å². The normalized spacial score (nSPS) is 12.8. The molecule has 1 aromatic carbocycles. The summed E-state index contributed by atoms with van der Waals surface area (Å²) in [6, 6.07) is 10.4. The van der Waals surface area contributed by atoms with Gasteiger partial charge in [-0.15, -0.1) is 0 Å². The maximum Gasteiger partial charge on any atom is 0.329 e. The molecule has 1 atom stereocenters. The van der Waals surface area contributed by atoms with Gasteiger partial charge in [-0.3, -0.25) is 14.4 Å². The van der Waals surface area contributed by atoms with Crippen molar-refractivity contribution in [2.24, 2.45) is 7.05 Å². The number of carboxylic acids is 2. The van der Waals surface area contributed by atoms with Gasteiger partial charge in [0.2, 0.25) is 11.7 Å². The molecule has 0 radical (unpaired) electrons. The Morgan fingerprint density at radius 2 is 1.62 bits per heavy atom. The first-order valence-electron chi connectivity index (χ1n) is 8.95. The summed E-state index contributed by atoms with van der Waals surface area (Å²) in [6.45, 7) is 3.12. The summed E-state index contributed by atoms with van der Waals surface area (Å²) in [6.07, 6.45) is -0.897. The number of carbonyl (C=O) groups excluding carboxylic acids is 2. The number of nitrogens with zero attached hydrogens (tertiary/aromatic N) is 2. The highest BCUT2D eigenvalue weighted by atomic mass is 16.4. The molecule has 29 heavy (non-hydrogen) atoms. The zero-order chi connectivity index (χ0) is 21.9. The molecular formula is C21H24N2O6. The number of carboxylic acid groups (broad SMARTS) is 2. The standard InChI is InChI=1S/C21H24N2O6/c1-13-5-7-14(8-6-13)19(27)16-10-9-15(22(16)3)11-17(24)23(4)21(2,20(28)29)12-18(25)26/h5-10H,11-12H2,1-4H3,(H,25,26)(H,28,29)/t21-/m0/s1. The molecular weight excluding hydrogens is 376 g/mol. The van der Waals surface area contributed by atoms with E-state index in [9.17, 15) is 24.3 Å². The summed E-state index contributed by atoms with van der Waals surface area (Å²) in [4.78, 5) is 48.9. The predicted octanol–water partition coefficient (Wildman–Crippen LogP) is 1.88. The third-order valence-corrected chi connectivity index (χ3v) is 5.18. The minimum absolute atomic E-state index is 0.170. The molecule has 0 saturated heterocycles. The zero-order valence-corrected chi connectivity index (χ0v) is 16.8. The average molecular weight is 400 g/mol. The molecule has 0 aliphatic rings. The van der Waals surface area contributed by atoms with Crippen molar-refractivity contribution in [3.05, 3.63) is 58.9 Å². The van der Waals surface area contributed by atoms with Crippen LogP contribution in [0, 0.1) is 6.92 Å². The number of aliphatic carboxylic acids is 2. The van der Waals surface area contributed by atoms with Gasteiger partial charge in [0, 0.05) is 25.4 Å². The van der Waals surface area contributed by atoms with E-state index in [-0.39, 0.29) is 12.2 Å². The highest BCUT2D eigenvalue weighted by Crippen LogP contribution is 2.21. The van der Waals surface area contributed by atoms with Gasteiger partial charge in [-0.05, 0) is 26.0 Å². The molecule has 0 bridgehead atoms. The second-order valence-corrected chi connectivity index (χ2v) is 7.24. The lowest BCUT2D eigenvalue weighted by Crippen LogP contribution is -2.54. The molecule has 1 heterocycles. The van der Waals surface area contributed by atoms with Gasteiger partial charge in [0.25, 0.3) is 0 Å². The first-order chi connectivity index (χ1) is 13.5. The maximum atomic E-state index is 12.7. The van der Waals surface area contributed by atoms with E-state index in [4.69, 9.17) is 5.11 Å². The van der Waals surface area contributed by atoms with Crippen LogP contribution in [-0.4, -0.2) is 55.9 Å². The Morgan fingerprint density at radius 1 is 1.03 bits per heavy atom. The van der Waals surface area contributed by atoms with Crippen molar-refractivity contribution < 1.29 is 29.4 Å². The number of benzene rings is 1. The van der Waals surface area contributed by atoms with Crippen molar-refractivity contribution in [1.82, 2.24) is 9.47 Å². The van der Waals surface area contributed by atoms with Gasteiger partial charge in [0.05, 0.1) is 18.5 Å². The van der Waals surface area contributed by atoms with Crippen LogP contribution >= 0.6 is 0 Å². The van der Waals surface area contributed by atoms with E-state index < -0.39 is 29.8 Å². The topological polar surface area (TPSA) is 117 Å². The van der Waals surface area contributed by atoms with Crippen molar-refractivity contribution in [2.75, 3.05) is 7.05 Å². The Labute approximate surface area is 168 Å². The van der Waals surface area contributed by atoms with E-state index in [2.05, 4.69) is 0 Å². The highest BCUT2D eigenvalue weighted by molar-refractivity contribution is 6.08. The lowest BCUT2D eigenvalue weighted by Gasteiger charge is -2.34. The summed E-state index contributed by atoms with van der Waals surface area (Å²) in [7, 11) is 2.92. The van der Waals surface area contributed by atoms with Crippen LogP contribution in [0.25, 0.3) is 0 Å². The number of amides is 1. The molecule has 1 amide bonds. The summed E-state index contributed by atoms with van der Waals surface area (Å²) >= 11 is 0. The Kier molecular flexibility index (Phi) is 6.26. The molecule has 2 N–H and O–H groups in total. The summed E-state index contributed by atoms with van der Waals surface area (Å²) in [5.74, 6) is -3.48. The fraction of sp³-hybridized carbons (Fsp3) is 0.333. The van der Waals surface area contributed by atoms with E-state index in [1.807, 2.05) is 19.1 Å². The second kappa shape index (κ2) is 8.30. The molecule has 154 valence electrons. The zero-order valence-electron chi connectivity index (χ0n) is 16.8. The smallest absolute Gasteiger partial charge is 0.329 e. The Bertz CT molecular complexity index is 960. The van der Waals surface area contributed by atoms with Gasteiger partial charge < -0.3 is 19.7 Å². The molecule has 0 saturated carbocycles. The van der Waals surface area contributed by atoms with Crippen molar-refractivity contribution in [1.29, 1.82) is 0 Å². The largest absolute Gasteiger partial charge is 0.481 e. The fourth-order valence-electron chi connectivity index (χ4n) is 2.99. The first kappa shape index (κ1) is 21.9. The van der Waals surface area contributed by atoms with Gasteiger partial charge in [0.1, 0.15) is 5.54 Å². The molecule has 8 heteroatoms. The molecule has 0 aliphatic heterocycles. The number of aryl methyl sites for hydroxylation is 1. The lowest BCUT2D eigenvalue weighted by atomic mass is 9.95. The number of aromatic nitrogens is 1. The highest BCUT2D eigenvalue weighted by Gasteiger charge is 2.42. The van der Waals surface area contributed by atoms with Gasteiger partial charge in [-0.1, -0.05) is 29.8 Å². The molecule has 0 unspecified atom stereocenters. The number of rotatable bonds is 8. The Hall–Kier alpha value is -3.42. The molecule has 0 fully saturated rings. The van der Waals surface area contributed by atoms with Crippen LogP contribution in [-0.2, 0) is 27.9 Å². The van der Waals surface area contributed by atoms with Crippen LogP contribution in [0.2, 0.25) is 0 Å². The quantitative estimate of drug-likeness (QED) is 0.654. The van der Waals surface area contributed by atoms with Crippen molar-refractivity contribution in [3.63, 3.8) is 0 Å². The summed E-state index contributed by atoms with van der Waals surface area (Å²) < 4.78 is 1.59. The number of carbonyl (C=O) groups is 4. The van der Waals surface area contributed by atoms with Crippen LogP contribution in [0.15, 0.2) is 36.4 Å². The first-order valence-corrected chi connectivity index (χ1v) is 8.95. The lowest BCUT2D eigenvalue weighted by molar-refractivity contribution is -0.161. The average Bonchev–Trinajstić information content (AvgIpc) is 3.00. The van der Waals surface area contributed by atoms with E-state index >= 15 is 0 Å². The number of hydrogen-bond acceptors (Lipinski definition) is 4. The Morgan fingerprint density at radius 3 is 2.14 bits per heavy atom. The van der Waals surface area contributed by atoms with Gasteiger partial charge >= 0.3 is 11.9 Å². The SMILES string of the molecule is Cc1ccc(C(=O)c2ccc(CC(=O)N(C)[C@@](C)(CC(=O)O)C(=O)O)n2C)cc1. The van der Waals surface area contributed by atoms with Crippen molar-refractivity contribution >= 4 is 23.6 Å². The van der Waals surface area contributed by atoms with Gasteiger partial charge in [-0.25, -0.2) is 4.79 Å². The monoisotopic (exact) mass is 400 g/mol. The molecule has 0 spiro atoms. The summed E-state index contributed by atoms with van der Waals surface area (Å²) in [5.41, 5.74) is 0.581. The second-order valence-electron chi connectivity index (χ2n) is 7.24. The molecule has 2 aromatic rings.